The van der Waals surface area contributed by atoms with E-state index in [1.54, 1.807) is 41.5 Å². The van der Waals surface area contributed by atoms with E-state index in [4.69, 9.17) is 28.4 Å². The lowest BCUT2D eigenvalue weighted by molar-refractivity contribution is -0.165. The first-order chi connectivity index (χ1) is 18.8. The maximum absolute atomic E-state index is 13.4. The number of benzene rings is 1. The number of halogens is 3. The second-order valence-electron chi connectivity index (χ2n) is 11.5. The van der Waals surface area contributed by atoms with Crippen molar-refractivity contribution >= 4 is 18.2 Å². The van der Waals surface area contributed by atoms with Crippen LogP contribution in [0.15, 0.2) is 24.3 Å². The highest BCUT2D eigenvalue weighted by molar-refractivity contribution is 5.94. The molecule has 1 heterocycles. The number of alkyl halides is 3. The summed E-state index contributed by atoms with van der Waals surface area (Å²) >= 11 is 0. The van der Waals surface area contributed by atoms with Crippen LogP contribution in [0, 0.1) is 0 Å². The molecule has 232 valence electrons. The highest BCUT2D eigenvalue weighted by atomic mass is 19.4. The maximum Gasteiger partial charge on any atom is 0.420 e. The molecule has 0 spiro atoms. The lowest BCUT2D eigenvalue weighted by Crippen LogP contribution is -2.54. The zero-order valence-electron chi connectivity index (χ0n) is 24.7. The summed E-state index contributed by atoms with van der Waals surface area (Å²) in [5.41, 5.74) is -2.86. The number of hydrogen-bond donors (Lipinski definition) is 0. The average Bonchev–Trinajstić information content (AvgIpc) is 2.85. The van der Waals surface area contributed by atoms with E-state index in [1.807, 2.05) is 6.92 Å². The second kappa shape index (κ2) is 13.7. The second-order valence-corrected chi connectivity index (χ2v) is 11.5. The molecular formula is C28H40F3NO9. The molecule has 13 heteroatoms. The molecule has 2 amide bonds. The minimum absolute atomic E-state index is 0.107. The third-order valence-electron chi connectivity index (χ3n) is 5.44. The number of nitrogens with zero attached hydrogens (tertiary/aromatic N) is 1. The molecule has 1 aliphatic heterocycles. The Kier molecular flexibility index (Phi) is 11.4. The van der Waals surface area contributed by atoms with Gasteiger partial charge in [0.1, 0.15) is 29.2 Å². The van der Waals surface area contributed by atoms with E-state index in [2.05, 4.69) is 0 Å². The number of carbonyl (C=O) groups excluding carboxylic acids is 3. The monoisotopic (exact) mass is 591 g/mol. The Morgan fingerprint density at radius 2 is 1.49 bits per heavy atom. The molecule has 41 heavy (non-hydrogen) atoms. The van der Waals surface area contributed by atoms with Crippen molar-refractivity contribution in [1.82, 2.24) is 4.90 Å². The average molecular weight is 592 g/mol. The van der Waals surface area contributed by atoms with Crippen LogP contribution in [0.4, 0.5) is 22.8 Å². The third-order valence-corrected chi connectivity index (χ3v) is 5.44. The smallest absolute Gasteiger partial charge is 0.420 e. The van der Waals surface area contributed by atoms with Crippen molar-refractivity contribution in [2.75, 3.05) is 19.8 Å². The van der Waals surface area contributed by atoms with Crippen LogP contribution >= 0.6 is 0 Å². The number of carbonyl (C=O) groups is 3. The van der Waals surface area contributed by atoms with Crippen LogP contribution in [0.2, 0.25) is 0 Å². The van der Waals surface area contributed by atoms with Gasteiger partial charge in [0.2, 0.25) is 0 Å². The Labute approximate surface area is 238 Å². The van der Waals surface area contributed by atoms with Gasteiger partial charge in [0, 0.05) is 6.61 Å². The fraction of sp³-hybridized carbons (Fsp3) is 0.679. The Hall–Kier alpha value is -3.06. The van der Waals surface area contributed by atoms with Gasteiger partial charge >= 0.3 is 24.3 Å². The van der Waals surface area contributed by atoms with E-state index >= 15 is 0 Å². The molecule has 0 saturated carbocycles. The first-order valence-electron chi connectivity index (χ1n) is 13.3. The summed E-state index contributed by atoms with van der Waals surface area (Å²) in [5.74, 6) is -0.871. The Balaban J connectivity index is 2.39. The topological polar surface area (TPSA) is 110 Å². The SMILES string of the molecule is CCCOC1C(C)OC(=O)C(N(C(=O)OC(C)(C)C)C(=O)OC(C)(C)C)COCC1Oc1ccc(C(F)(F)F)cc1. The Morgan fingerprint density at radius 1 is 0.951 bits per heavy atom. The van der Waals surface area contributed by atoms with E-state index in [1.165, 1.54) is 19.1 Å². The van der Waals surface area contributed by atoms with E-state index in [0.29, 0.717) is 11.3 Å². The van der Waals surface area contributed by atoms with Crippen LogP contribution < -0.4 is 4.74 Å². The van der Waals surface area contributed by atoms with Crippen molar-refractivity contribution in [3.8, 4) is 5.75 Å². The maximum atomic E-state index is 13.4. The standard InChI is InChI=1S/C28H40F3NO9/c1-9-14-37-22-17(2)38-23(33)20(32(24(34)40-26(3,4)5)25(35)41-27(6,7)8)15-36-16-21(22)39-19-12-10-18(11-13-19)28(29,30)31/h10-13,17,20-22H,9,14-16H2,1-8H3. The quantitative estimate of drug-likeness (QED) is 0.302. The van der Waals surface area contributed by atoms with Gasteiger partial charge in [-0.2, -0.15) is 18.1 Å². The lowest BCUT2D eigenvalue weighted by atomic mass is 10.1. The highest BCUT2D eigenvalue weighted by Crippen LogP contribution is 2.31. The van der Waals surface area contributed by atoms with E-state index in [9.17, 15) is 27.6 Å². The first kappa shape index (κ1) is 34.1. The summed E-state index contributed by atoms with van der Waals surface area (Å²) in [6, 6.07) is 2.51. The van der Waals surface area contributed by atoms with E-state index in [0.717, 1.165) is 12.1 Å². The van der Waals surface area contributed by atoms with Crippen LogP contribution in [-0.2, 0) is 34.7 Å². The van der Waals surface area contributed by atoms with Crippen molar-refractivity contribution in [1.29, 1.82) is 0 Å². The predicted molar refractivity (Wildman–Crippen MR) is 140 cm³/mol. The van der Waals surface area contributed by atoms with Crippen LogP contribution in [0.1, 0.15) is 67.4 Å². The molecule has 0 bridgehead atoms. The molecule has 4 atom stereocenters. The molecule has 0 radical (unpaired) electrons. The number of esters is 1. The fourth-order valence-electron chi connectivity index (χ4n) is 3.72. The summed E-state index contributed by atoms with van der Waals surface area (Å²) in [6.07, 6.45) is -9.00. The molecule has 0 aliphatic carbocycles. The molecule has 1 saturated heterocycles. The van der Waals surface area contributed by atoms with Gasteiger partial charge in [0.05, 0.1) is 18.8 Å². The predicted octanol–water partition coefficient (Wildman–Crippen LogP) is 5.75. The summed E-state index contributed by atoms with van der Waals surface area (Å²) in [5, 5.41) is 0. The summed E-state index contributed by atoms with van der Waals surface area (Å²) in [7, 11) is 0. The summed E-state index contributed by atoms with van der Waals surface area (Å²) in [6.45, 7) is 12.5. The molecule has 2 rings (SSSR count). The zero-order valence-corrected chi connectivity index (χ0v) is 24.7. The molecule has 1 aromatic rings. The molecule has 0 aromatic heterocycles. The normalized spacial score (nSPS) is 22.5. The van der Waals surface area contributed by atoms with Gasteiger partial charge in [-0.15, -0.1) is 0 Å². The first-order valence-corrected chi connectivity index (χ1v) is 13.3. The molecule has 4 unspecified atom stereocenters. The van der Waals surface area contributed by atoms with Crippen LogP contribution in [0.5, 0.6) is 5.75 Å². The number of hydrogen-bond acceptors (Lipinski definition) is 9. The van der Waals surface area contributed by atoms with Crippen molar-refractivity contribution < 1.29 is 56.0 Å². The molecular weight excluding hydrogens is 551 g/mol. The van der Waals surface area contributed by atoms with Crippen molar-refractivity contribution in [3.05, 3.63) is 29.8 Å². The minimum atomic E-state index is -4.52. The van der Waals surface area contributed by atoms with Crippen molar-refractivity contribution in [3.63, 3.8) is 0 Å². The molecule has 0 N–H and O–H groups in total. The Bertz CT molecular complexity index is 1000. The lowest BCUT2D eigenvalue weighted by Gasteiger charge is -2.32. The molecule has 1 aromatic carbocycles. The number of cyclic esters (lactones) is 1. The van der Waals surface area contributed by atoms with Gasteiger partial charge in [-0.25, -0.2) is 14.4 Å². The summed E-state index contributed by atoms with van der Waals surface area (Å²) < 4.78 is 73.0. The summed E-state index contributed by atoms with van der Waals surface area (Å²) in [4.78, 5) is 40.1. The van der Waals surface area contributed by atoms with Crippen molar-refractivity contribution in [2.45, 2.75) is 104 Å². The van der Waals surface area contributed by atoms with Crippen LogP contribution in [0.25, 0.3) is 0 Å². The minimum Gasteiger partial charge on any atom is -0.485 e. The van der Waals surface area contributed by atoms with E-state index < -0.39 is 72.1 Å². The van der Waals surface area contributed by atoms with Crippen LogP contribution in [0.3, 0.4) is 0 Å². The highest BCUT2D eigenvalue weighted by Gasteiger charge is 2.44. The number of ether oxygens (including phenoxy) is 6. The fourth-order valence-corrected chi connectivity index (χ4v) is 3.72. The molecule has 10 nitrogen and oxygen atoms in total. The number of rotatable bonds is 6. The van der Waals surface area contributed by atoms with Gasteiger partial charge < -0.3 is 28.4 Å². The number of amides is 2. The van der Waals surface area contributed by atoms with Crippen molar-refractivity contribution in [2.24, 2.45) is 0 Å². The number of imide groups is 1. The van der Waals surface area contributed by atoms with Gasteiger partial charge in [-0.1, -0.05) is 6.92 Å². The third kappa shape index (κ3) is 10.7. The largest absolute Gasteiger partial charge is 0.485 e. The van der Waals surface area contributed by atoms with Gasteiger partial charge in [-0.3, -0.25) is 0 Å². The van der Waals surface area contributed by atoms with Gasteiger partial charge in [-0.05, 0) is 79.2 Å². The molecule has 1 aliphatic rings. The molecule has 1 fully saturated rings. The van der Waals surface area contributed by atoms with Gasteiger partial charge in [0.15, 0.2) is 12.1 Å². The van der Waals surface area contributed by atoms with Gasteiger partial charge in [0.25, 0.3) is 0 Å². The van der Waals surface area contributed by atoms with Crippen LogP contribution in [-0.4, -0.2) is 78.4 Å². The zero-order chi connectivity index (χ0) is 31.2. The Morgan fingerprint density at radius 3 is 1.95 bits per heavy atom. The van der Waals surface area contributed by atoms with E-state index in [-0.39, 0.29) is 19.0 Å².